The van der Waals surface area contributed by atoms with Crippen LogP contribution in [0.1, 0.15) is 27.3 Å². The van der Waals surface area contributed by atoms with E-state index in [0.717, 1.165) is 0 Å². The van der Waals surface area contributed by atoms with Crippen molar-refractivity contribution in [3.05, 3.63) is 52.0 Å². The smallest absolute Gasteiger partial charge is 0.190 e. The standard InChI is InChI=1S/C13H10BrFN2O2/c1-17-5-4-11(16-17)13(19)7-12(18)9-3-2-8(15)6-10(9)14/h2-6H,7H2,1H3. The topological polar surface area (TPSA) is 52.0 Å². The number of aromatic nitrogens is 2. The first kappa shape index (κ1) is 13.6. The van der Waals surface area contributed by atoms with Crippen LogP contribution < -0.4 is 0 Å². The lowest BCUT2D eigenvalue weighted by Crippen LogP contribution is -2.10. The number of nitrogens with zero attached hydrogens (tertiary/aromatic N) is 2. The number of Topliss-reactive ketones (excluding diaryl/α,β-unsaturated/α-hetero) is 2. The van der Waals surface area contributed by atoms with E-state index in [9.17, 15) is 14.0 Å². The van der Waals surface area contributed by atoms with Gasteiger partial charge in [0.25, 0.3) is 0 Å². The number of carbonyl (C=O) groups excluding carboxylic acids is 2. The van der Waals surface area contributed by atoms with Crippen LogP contribution in [0.4, 0.5) is 4.39 Å². The lowest BCUT2D eigenvalue weighted by Gasteiger charge is -2.02. The highest BCUT2D eigenvalue weighted by Crippen LogP contribution is 2.20. The van der Waals surface area contributed by atoms with Crippen molar-refractivity contribution in [3.8, 4) is 0 Å². The van der Waals surface area contributed by atoms with Crippen molar-refractivity contribution in [1.29, 1.82) is 0 Å². The average Bonchev–Trinajstić information content (AvgIpc) is 2.75. The van der Waals surface area contributed by atoms with E-state index in [1.165, 1.54) is 22.9 Å². The second-order valence-electron chi connectivity index (χ2n) is 4.02. The van der Waals surface area contributed by atoms with Crippen molar-refractivity contribution in [1.82, 2.24) is 9.78 Å². The van der Waals surface area contributed by atoms with Crippen LogP contribution >= 0.6 is 15.9 Å². The molecule has 0 unspecified atom stereocenters. The second kappa shape index (κ2) is 5.44. The SMILES string of the molecule is Cn1ccc(C(=O)CC(=O)c2ccc(F)cc2Br)n1. The molecule has 0 aliphatic carbocycles. The van der Waals surface area contributed by atoms with Crippen molar-refractivity contribution in [2.24, 2.45) is 7.05 Å². The van der Waals surface area contributed by atoms with Gasteiger partial charge in [0, 0.05) is 23.3 Å². The highest BCUT2D eigenvalue weighted by atomic mass is 79.9. The van der Waals surface area contributed by atoms with Crippen LogP contribution in [0.25, 0.3) is 0 Å². The summed E-state index contributed by atoms with van der Waals surface area (Å²) in [6, 6.07) is 5.28. The minimum absolute atomic E-state index is 0.245. The number of carbonyl (C=O) groups is 2. The molecule has 1 aromatic carbocycles. The zero-order valence-corrected chi connectivity index (χ0v) is 11.6. The Labute approximate surface area is 117 Å². The molecule has 0 atom stereocenters. The summed E-state index contributed by atoms with van der Waals surface area (Å²) in [7, 11) is 1.69. The molecule has 1 heterocycles. The van der Waals surface area contributed by atoms with Gasteiger partial charge < -0.3 is 0 Å². The van der Waals surface area contributed by atoms with E-state index in [2.05, 4.69) is 21.0 Å². The summed E-state index contributed by atoms with van der Waals surface area (Å²) in [5.41, 5.74) is 0.528. The minimum atomic E-state index is -0.445. The Kier molecular flexibility index (Phi) is 3.90. The highest BCUT2D eigenvalue weighted by Gasteiger charge is 2.17. The second-order valence-corrected chi connectivity index (χ2v) is 4.88. The van der Waals surface area contributed by atoms with Crippen molar-refractivity contribution >= 4 is 27.5 Å². The molecule has 0 amide bonds. The van der Waals surface area contributed by atoms with Crippen molar-refractivity contribution in [3.63, 3.8) is 0 Å². The van der Waals surface area contributed by atoms with Crippen molar-refractivity contribution in [2.45, 2.75) is 6.42 Å². The summed E-state index contributed by atoms with van der Waals surface area (Å²) >= 11 is 3.11. The number of hydrogen-bond acceptors (Lipinski definition) is 3. The third-order valence-corrected chi connectivity index (χ3v) is 3.21. The zero-order valence-electron chi connectivity index (χ0n) is 10.1. The molecule has 0 spiro atoms. The molecule has 19 heavy (non-hydrogen) atoms. The van der Waals surface area contributed by atoms with Crippen LogP contribution in [0.15, 0.2) is 34.9 Å². The highest BCUT2D eigenvalue weighted by molar-refractivity contribution is 9.10. The molecule has 0 saturated heterocycles. The number of hydrogen-bond donors (Lipinski definition) is 0. The van der Waals surface area contributed by atoms with E-state index in [1.807, 2.05) is 0 Å². The fraction of sp³-hybridized carbons (Fsp3) is 0.154. The molecule has 0 aliphatic rings. The van der Waals surface area contributed by atoms with Gasteiger partial charge in [-0.2, -0.15) is 5.10 Å². The lowest BCUT2D eigenvalue weighted by molar-refractivity contribution is 0.0890. The molecule has 6 heteroatoms. The first-order valence-corrected chi connectivity index (χ1v) is 6.28. The molecule has 4 nitrogen and oxygen atoms in total. The molecular weight excluding hydrogens is 315 g/mol. The van der Waals surface area contributed by atoms with Crippen LogP contribution in [0.3, 0.4) is 0 Å². The molecule has 98 valence electrons. The maximum Gasteiger partial charge on any atom is 0.190 e. The van der Waals surface area contributed by atoms with Gasteiger partial charge in [0.2, 0.25) is 0 Å². The monoisotopic (exact) mass is 324 g/mol. The fourth-order valence-electron chi connectivity index (χ4n) is 1.61. The summed E-state index contributed by atoms with van der Waals surface area (Å²) in [4.78, 5) is 23.8. The van der Waals surface area contributed by atoms with Gasteiger partial charge in [-0.25, -0.2) is 4.39 Å². The van der Waals surface area contributed by atoms with Gasteiger partial charge in [0.1, 0.15) is 11.5 Å². The van der Waals surface area contributed by atoms with Gasteiger partial charge in [-0.3, -0.25) is 14.3 Å². The molecule has 0 radical (unpaired) electrons. The van der Waals surface area contributed by atoms with Crippen LogP contribution in [-0.4, -0.2) is 21.3 Å². The van der Waals surface area contributed by atoms with Gasteiger partial charge in [-0.1, -0.05) is 0 Å². The number of benzene rings is 1. The van der Waals surface area contributed by atoms with Gasteiger partial charge >= 0.3 is 0 Å². The Morgan fingerprint density at radius 3 is 2.63 bits per heavy atom. The molecule has 2 aromatic rings. The molecule has 0 bridgehead atoms. The van der Waals surface area contributed by atoms with Crippen LogP contribution in [0.5, 0.6) is 0 Å². The van der Waals surface area contributed by atoms with Gasteiger partial charge in [0.05, 0.1) is 6.42 Å². The third kappa shape index (κ3) is 3.14. The molecule has 2 rings (SSSR count). The first-order valence-electron chi connectivity index (χ1n) is 5.48. The van der Waals surface area contributed by atoms with Crippen molar-refractivity contribution < 1.29 is 14.0 Å². The molecule has 1 aromatic heterocycles. The van der Waals surface area contributed by atoms with E-state index in [0.29, 0.717) is 4.47 Å². The average molecular weight is 325 g/mol. The molecule has 0 aliphatic heterocycles. The van der Waals surface area contributed by atoms with Crippen LogP contribution in [0.2, 0.25) is 0 Å². The maximum atomic E-state index is 12.9. The third-order valence-electron chi connectivity index (χ3n) is 2.55. The largest absolute Gasteiger partial charge is 0.294 e. The molecule has 0 fully saturated rings. The van der Waals surface area contributed by atoms with Crippen LogP contribution in [-0.2, 0) is 7.05 Å². The van der Waals surface area contributed by atoms with E-state index >= 15 is 0 Å². The Morgan fingerprint density at radius 2 is 2.05 bits per heavy atom. The minimum Gasteiger partial charge on any atom is -0.294 e. The number of halogens is 2. The number of aryl methyl sites for hydroxylation is 1. The first-order chi connectivity index (χ1) is 8.97. The molecule has 0 N–H and O–H groups in total. The van der Waals surface area contributed by atoms with E-state index in [4.69, 9.17) is 0 Å². The quantitative estimate of drug-likeness (QED) is 0.642. The molecule has 0 saturated carbocycles. The Morgan fingerprint density at radius 1 is 1.32 bits per heavy atom. The van der Waals surface area contributed by atoms with E-state index in [1.54, 1.807) is 19.3 Å². The van der Waals surface area contributed by atoms with Gasteiger partial charge in [0.15, 0.2) is 11.6 Å². The molecular formula is C13H10BrFN2O2. The lowest BCUT2D eigenvalue weighted by atomic mass is 10.0. The number of ketones is 2. The predicted octanol–water partition coefficient (Wildman–Crippen LogP) is 2.78. The van der Waals surface area contributed by atoms with Gasteiger partial charge in [-0.15, -0.1) is 0 Å². The maximum absolute atomic E-state index is 12.9. The summed E-state index contributed by atoms with van der Waals surface area (Å²) in [6.45, 7) is 0. The van der Waals surface area contributed by atoms with Crippen LogP contribution in [0, 0.1) is 5.82 Å². The fourth-order valence-corrected chi connectivity index (χ4v) is 2.18. The zero-order chi connectivity index (χ0) is 14.0. The van der Waals surface area contributed by atoms with E-state index < -0.39 is 5.82 Å². The summed E-state index contributed by atoms with van der Waals surface area (Å²) in [5.74, 6) is -1.18. The Balaban J connectivity index is 2.15. The van der Waals surface area contributed by atoms with Crippen molar-refractivity contribution in [2.75, 3.05) is 0 Å². The predicted molar refractivity (Wildman–Crippen MR) is 70.6 cm³/mol. The number of rotatable bonds is 4. The summed E-state index contributed by atoms with van der Waals surface area (Å²) in [6.07, 6.45) is 1.34. The van der Waals surface area contributed by atoms with Gasteiger partial charge in [-0.05, 0) is 40.2 Å². The Bertz CT molecular complexity index is 652. The normalized spacial score (nSPS) is 10.5. The summed E-state index contributed by atoms with van der Waals surface area (Å²) in [5, 5.41) is 3.94. The van der Waals surface area contributed by atoms with E-state index in [-0.39, 0.29) is 29.2 Å². The Hall–Kier alpha value is -1.82. The summed E-state index contributed by atoms with van der Waals surface area (Å²) < 4.78 is 14.8.